The Kier molecular flexibility index (Phi) is 5.06. The van der Waals surface area contributed by atoms with Gasteiger partial charge >= 0.3 is 0 Å². The van der Waals surface area contributed by atoms with E-state index in [-0.39, 0.29) is 0 Å². The Morgan fingerprint density at radius 1 is 1.33 bits per heavy atom. The quantitative estimate of drug-likeness (QED) is 0.855. The maximum absolute atomic E-state index is 6.15. The van der Waals surface area contributed by atoms with Crippen molar-refractivity contribution < 1.29 is 4.74 Å². The third kappa shape index (κ3) is 3.74. The Morgan fingerprint density at radius 2 is 2.22 bits per heavy atom. The third-order valence-electron chi connectivity index (χ3n) is 3.89. The van der Waals surface area contributed by atoms with Crippen molar-refractivity contribution in [1.29, 1.82) is 0 Å². The summed E-state index contributed by atoms with van der Waals surface area (Å²) in [5, 5.41) is 3.18. The van der Waals surface area contributed by atoms with E-state index in [9.17, 15) is 0 Å². The van der Waals surface area contributed by atoms with Crippen LogP contribution in [0.2, 0.25) is 0 Å². The van der Waals surface area contributed by atoms with Crippen molar-refractivity contribution in [2.45, 2.75) is 51.7 Å². The Labute approximate surface area is 111 Å². The lowest BCUT2D eigenvalue weighted by Crippen LogP contribution is -2.25. The predicted octanol–water partition coefficient (Wildman–Crippen LogP) is 3.75. The fraction of sp³-hybridized carbons (Fsp3) is 0.625. The van der Waals surface area contributed by atoms with E-state index >= 15 is 0 Å². The molecule has 2 rings (SSSR count). The predicted molar refractivity (Wildman–Crippen MR) is 75.9 cm³/mol. The van der Waals surface area contributed by atoms with Crippen LogP contribution in [0.25, 0.3) is 0 Å². The number of benzene rings is 1. The summed E-state index contributed by atoms with van der Waals surface area (Å²) >= 11 is 0. The minimum atomic E-state index is 0.425. The van der Waals surface area contributed by atoms with Gasteiger partial charge in [-0.25, -0.2) is 0 Å². The molecule has 2 atom stereocenters. The first-order valence-corrected chi connectivity index (χ1v) is 7.22. The van der Waals surface area contributed by atoms with Gasteiger partial charge < -0.3 is 10.1 Å². The number of rotatable bonds is 5. The van der Waals surface area contributed by atoms with E-state index < -0.39 is 0 Å². The highest BCUT2D eigenvalue weighted by Gasteiger charge is 2.21. The number of nitrogens with one attached hydrogen (secondary N) is 1. The van der Waals surface area contributed by atoms with Crippen LogP contribution in [0.3, 0.4) is 0 Å². The molecule has 0 bridgehead atoms. The van der Waals surface area contributed by atoms with E-state index in [0.717, 1.165) is 18.2 Å². The Bertz CT molecular complexity index is 364. The van der Waals surface area contributed by atoms with Gasteiger partial charge in [0.25, 0.3) is 0 Å². The summed E-state index contributed by atoms with van der Waals surface area (Å²) in [5.41, 5.74) is 1.29. The lowest BCUT2D eigenvalue weighted by molar-refractivity contribution is 0.122. The van der Waals surface area contributed by atoms with E-state index in [1.165, 1.54) is 37.7 Å². The molecule has 2 heteroatoms. The maximum atomic E-state index is 6.15. The zero-order valence-electron chi connectivity index (χ0n) is 11.6. The summed E-state index contributed by atoms with van der Waals surface area (Å²) in [4.78, 5) is 0. The highest BCUT2D eigenvalue weighted by atomic mass is 16.5. The van der Waals surface area contributed by atoms with Gasteiger partial charge in [-0.1, -0.05) is 31.9 Å². The molecule has 1 aliphatic carbocycles. The summed E-state index contributed by atoms with van der Waals surface area (Å²) in [7, 11) is 1.97. The zero-order valence-corrected chi connectivity index (χ0v) is 11.6. The average molecular weight is 247 g/mol. The van der Waals surface area contributed by atoms with Gasteiger partial charge in [0, 0.05) is 6.54 Å². The minimum absolute atomic E-state index is 0.425. The molecule has 0 amide bonds. The molecule has 0 spiro atoms. The van der Waals surface area contributed by atoms with Crippen molar-refractivity contribution in [1.82, 2.24) is 5.32 Å². The lowest BCUT2D eigenvalue weighted by atomic mass is 9.85. The molecule has 2 nitrogen and oxygen atoms in total. The minimum Gasteiger partial charge on any atom is -0.490 e. The molecule has 1 N–H and O–H groups in total. The zero-order chi connectivity index (χ0) is 12.8. The standard InChI is InChI=1S/C16H25NO/c1-3-13-6-4-8-15(10-13)18-16-9-5-7-14(11-16)12-17-2/h5,7,9,11,13,15,17H,3-4,6,8,10,12H2,1-2H3. The van der Waals surface area contributed by atoms with Crippen molar-refractivity contribution >= 4 is 0 Å². The van der Waals surface area contributed by atoms with Crippen molar-refractivity contribution in [2.75, 3.05) is 7.05 Å². The van der Waals surface area contributed by atoms with Gasteiger partial charge in [-0.05, 0) is 49.9 Å². The first kappa shape index (κ1) is 13.4. The normalized spacial score (nSPS) is 23.9. The first-order valence-electron chi connectivity index (χ1n) is 7.22. The van der Waals surface area contributed by atoms with E-state index in [4.69, 9.17) is 4.74 Å². The van der Waals surface area contributed by atoms with Crippen LogP contribution in [-0.2, 0) is 6.54 Å². The molecule has 1 aromatic carbocycles. The monoisotopic (exact) mass is 247 g/mol. The molecular weight excluding hydrogens is 222 g/mol. The number of hydrogen-bond donors (Lipinski definition) is 1. The molecule has 0 saturated heterocycles. The van der Waals surface area contributed by atoms with Crippen molar-refractivity contribution in [3.8, 4) is 5.75 Å². The summed E-state index contributed by atoms with van der Waals surface area (Å²) in [6.45, 7) is 3.19. The van der Waals surface area contributed by atoms with E-state index in [1.807, 2.05) is 7.05 Å². The fourth-order valence-electron chi connectivity index (χ4n) is 2.84. The van der Waals surface area contributed by atoms with Crippen LogP contribution in [-0.4, -0.2) is 13.2 Å². The van der Waals surface area contributed by atoms with Crippen LogP contribution in [0.1, 0.15) is 44.6 Å². The second-order valence-corrected chi connectivity index (χ2v) is 5.36. The molecule has 100 valence electrons. The molecule has 1 aliphatic rings. The van der Waals surface area contributed by atoms with E-state index in [1.54, 1.807) is 0 Å². The molecule has 1 fully saturated rings. The van der Waals surface area contributed by atoms with Crippen molar-refractivity contribution in [2.24, 2.45) is 5.92 Å². The summed E-state index contributed by atoms with van der Waals surface area (Å²) in [6, 6.07) is 8.46. The molecule has 0 heterocycles. The van der Waals surface area contributed by atoms with Crippen molar-refractivity contribution in [3.05, 3.63) is 29.8 Å². The molecule has 1 saturated carbocycles. The largest absolute Gasteiger partial charge is 0.490 e. The fourth-order valence-corrected chi connectivity index (χ4v) is 2.84. The third-order valence-corrected chi connectivity index (χ3v) is 3.89. The SMILES string of the molecule is CCC1CCCC(Oc2cccc(CNC)c2)C1. The van der Waals surface area contributed by atoms with Gasteiger partial charge in [-0.2, -0.15) is 0 Å². The second-order valence-electron chi connectivity index (χ2n) is 5.36. The van der Waals surface area contributed by atoms with Crippen molar-refractivity contribution in [3.63, 3.8) is 0 Å². The van der Waals surface area contributed by atoms with Gasteiger partial charge in [0.05, 0.1) is 6.10 Å². The van der Waals surface area contributed by atoms with Gasteiger partial charge in [0.1, 0.15) is 5.75 Å². The summed E-state index contributed by atoms with van der Waals surface area (Å²) in [6.07, 6.45) is 6.86. The first-order chi connectivity index (χ1) is 8.81. The summed E-state index contributed by atoms with van der Waals surface area (Å²) < 4.78 is 6.15. The number of ether oxygens (including phenoxy) is 1. The highest BCUT2D eigenvalue weighted by Crippen LogP contribution is 2.29. The van der Waals surface area contributed by atoms with Gasteiger partial charge in [-0.15, -0.1) is 0 Å². The van der Waals surface area contributed by atoms with Crippen LogP contribution in [0.4, 0.5) is 0 Å². The molecule has 18 heavy (non-hydrogen) atoms. The molecule has 0 aliphatic heterocycles. The number of hydrogen-bond acceptors (Lipinski definition) is 2. The van der Waals surface area contributed by atoms with E-state index in [2.05, 4.69) is 36.5 Å². The summed E-state index contributed by atoms with van der Waals surface area (Å²) in [5.74, 6) is 1.90. The topological polar surface area (TPSA) is 21.3 Å². The molecule has 0 radical (unpaired) electrons. The molecule has 1 aromatic rings. The second kappa shape index (κ2) is 6.79. The lowest BCUT2D eigenvalue weighted by Gasteiger charge is -2.29. The van der Waals surface area contributed by atoms with Gasteiger partial charge in [0.2, 0.25) is 0 Å². The maximum Gasteiger partial charge on any atom is 0.120 e. The van der Waals surface area contributed by atoms with Crippen LogP contribution in [0.15, 0.2) is 24.3 Å². The Hall–Kier alpha value is -1.02. The highest BCUT2D eigenvalue weighted by molar-refractivity contribution is 5.28. The van der Waals surface area contributed by atoms with Crippen LogP contribution in [0.5, 0.6) is 5.75 Å². The van der Waals surface area contributed by atoms with Gasteiger partial charge in [-0.3, -0.25) is 0 Å². The Balaban J connectivity index is 1.93. The average Bonchev–Trinajstić information content (AvgIpc) is 2.40. The Morgan fingerprint density at radius 3 is 3.00 bits per heavy atom. The smallest absolute Gasteiger partial charge is 0.120 e. The van der Waals surface area contributed by atoms with E-state index in [0.29, 0.717) is 6.10 Å². The van der Waals surface area contributed by atoms with Crippen LogP contribution < -0.4 is 10.1 Å². The van der Waals surface area contributed by atoms with Gasteiger partial charge in [0.15, 0.2) is 0 Å². The molecule has 0 aromatic heterocycles. The molecular formula is C16H25NO. The van der Waals surface area contributed by atoms with Crippen LogP contribution >= 0.6 is 0 Å². The van der Waals surface area contributed by atoms with Crippen LogP contribution in [0, 0.1) is 5.92 Å². The molecule has 2 unspecified atom stereocenters.